The maximum atomic E-state index is 13.8. The van der Waals surface area contributed by atoms with Gasteiger partial charge in [-0.15, -0.1) is 0 Å². The smallest absolute Gasteiger partial charge is 0.279 e. The zero-order valence-electron chi connectivity index (χ0n) is 13.4. The highest BCUT2D eigenvalue weighted by atomic mass is 35.5. The lowest BCUT2D eigenvalue weighted by Crippen LogP contribution is -2.48. The Morgan fingerprint density at radius 2 is 2.26 bits per heavy atom. The van der Waals surface area contributed by atoms with E-state index in [1.807, 2.05) is 6.92 Å². The van der Waals surface area contributed by atoms with Crippen LogP contribution >= 0.6 is 11.6 Å². The third-order valence-electron chi connectivity index (χ3n) is 4.23. The van der Waals surface area contributed by atoms with Crippen molar-refractivity contribution in [2.24, 2.45) is 5.92 Å². The van der Waals surface area contributed by atoms with Crippen molar-refractivity contribution < 1.29 is 12.8 Å². The molecular weight excluding hydrogens is 341 g/mol. The Morgan fingerprint density at radius 1 is 1.52 bits per heavy atom. The molecular formula is C15H23ClFN3O2S. The molecule has 0 amide bonds. The number of benzene rings is 1. The summed E-state index contributed by atoms with van der Waals surface area (Å²) in [5.74, 6) is -0.256. The molecule has 0 aromatic heterocycles. The molecule has 130 valence electrons. The number of hydrogen-bond acceptors (Lipinski definition) is 3. The Bertz CT molecular complexity index is 615. The van der Waals surface area contributed by atoms with Crippen LogP contribution in [0.25, 0.3) is 0 Å². The van der Waals surface area contributed by atoms with E-state index in [0.717, 1.165) is 30.2 Å². The van der Waals surface area contributed by atoms with Gasteiger partial charge in [0, 0.05) is 30.2 Å². The summed E-state index contributed by atoms with van der Waals surface area (Å²) in [6, 6.07) is 4.12. The summed E-state index contributed by atoms with van der Waals surface area (Å²) in [5.41, 5.74) is 0.175. The third-order valence-corrected chi connectivity index (χ3v) is 6.20. The van der Waals surface area contributed by atoms with Crippen LogP contribution in [0, 0.1) is 11.7 Å². The van der Waals surface area contributed by atoms with E-state index in [4.69, 9.17) is 11.6 Å². The first-order chi connectivity index (χ1) is 10.8. The van der Waals surface area contributed by atoms with Gasteiger partial charge in [0.25, 0.3) is 10.2 Å². The maximum Gasteiger partial charge on any atom is 0.279 e. The second kappa shape index (κ2) is 7.90. The Morgan fingerprint density at radius 3 is 2.87 bits per heavy atom. The average molecular weight is 364 g/mol. The molecule has 1 saturated heterocycles. The fourth-order valence-electron chi connectivity index (χ4n) is 2.72. The summed E-state index contributed by atoms with van der Waals surface area (Å²) < 4.78 is 42.5. The molecule has 0 saturated carbocycles. The van der Waals surface area contributed by atoms with Crippen molar-refractivity contribution in [2.45, 2.75) is 32.4 Å². The van der Waals surface area contributed by atoms with E-state index in [9.17, 15) is 12.8 Å². The van der Waals surface area contributed by atoms with Crippen LogP contribution in [0.3, 0.4) is 0 Å². The van der Waals surface area contributed by atoms with Crippen LogP contribution in [0.5, 0.6) is 0 Å². The molecule has 0 bridgehead atoms. The molecule has 1 aliphatic heterocycles. The number of rotatable bonds is 6. The minimum absolute atomic E-state index is 0.115. The summed E-state index contributed by atoms with van der Waals surface area (Å²) in [5, 5.41) is 3.49. The molecule has 1 fully saturated rings. The van der Waals surface area contributed by atoms with E-state index < -0.39 is 16.0 Å². The molecule has 23 heavy (non-hydrogen) atoms. The van der Waals surface area contributed by atoms with Crippen LogP contribution in [0.15, 0.2) is 18.2 Å². The molecule has 1 aromatic carbocycles. The highest BCUT2D eigenvalue weighted by molar-refractivity contribution is 7.87. The quantitative estimate of drug-likeness (QED) is 0.814. The van der Waals surface area contributed by atoms with Gasteiger partial charge in [-0.3, -0.25) is 0 Å². The predicted octanol–water partition coefficient (Wildman–Crippen LogP) is 2.13. The Balaban J connectivity index is 2.03. The van der Waals surface area contributed by atoms with Crippen LogP contribution in [0.2, 0.25) is 5.02 Å². The van der Waals surface area contributed by atoms with Gasteiger partial charge in [0.15, 0.2) is 0 Å². The Labute approximate surface area is 142 Å². The van der Waals surface area contributed by atoms with Gasteiger partial charge >= 0.3 is 0 Å². The lowest BCUT2D eigenvalue weighted by atomic mass is 9.94. The maximum absolute atomic E-state index is 13.8. The summed E-state index contributed by atoms with van der Waals surface area (Å²) in [6.45, 7) is 3.52. The summed E-state index contributed by atoms with van der Waals surface area (Å²) in [4.78, 5) is 0. The minimum atomic E-state index is -3.71. The molecule has 2 N–H and O–H groups in total. The molecule has 0 radical (unpaired) electrons. The highest BCUT2D eigenvalue weighted by Crippen LogP contribution is 2.21. The minimum Gasteiger partial charge on any atom is -0.316 e. The number of nitrogens with one attached hydrogen (secondary N) is 2. The first-order valence-electron chi connectivity index (χ1n) is 7.68. The number of hydrogen-bond donors (Lipinski definition) is 2. The van der Waals surface area contributed by atoms with Gasteiger partial charge in [-0.25, -0.2) is 4.39 Å². The zero-order chi connectivity index (χ0) is 17.0. The first kappa shape index (κ1) is 18.6. The lowest BCUT2D eigenvalue weighted by molar-refractivity contribution is 0.314. The number of halogens is 2. The van der Waals surface area contributed by atoms with Crippen molar-refractivity contribution in [3.05, 3.63) is 34.6 Å². The number of piperidine rings is 1. The van der Waals surface area contributed by atoms with Crippen LogP contribution in [-0.2, 0) is 16.8 Å². The van der Waals surface area contributed by atoms with Gasteiger partial charge in [0.1, 0.15) is 5.82 Å². The lowest BCUT2D eigenvalue weighted by Gasteiger charge is -2.30. The normalized spacial score (nSPS) is 20.7. The van der Waals surface area contributed by atoms with E-state index in [0.29, 0.717) is 0 Å². The monoisotopic (exact) mass is 363 g/mol. The Hall–Kier alpha value is -0.730. The van der Waals surface area contributed by atoms with Crippen molar-refractivity contribution in [1.29, 1.82) is 0 Å². The third kappa shape index (κ3) is 4.87. The summed E-state index contributed by atoms with van der Waals surface area (Å²) >= 11 is 5.96. The van der Waals surface area contributed by atoms with Crippen molar-refractivity contribution in [3.63, 3.8) is 0 Å². The van der Waals surface area contributed by atoms with Gasteiger partial charge in [-0.05, 0) is 50.9 Å². The molecule has 2 rings (SSSR count). The molecule has 2 unspecified atom stereocenters. The average Bonchev–Trinajstić information content (AvgIpc) is 2.51. The van der Waals surface area contributed by atoms with Crippen molar-refractivity contribution in [2.75, 3.05) is 20.1 Å². The molecule has 1 aromatic rings. The van der Waals surface area contributed by atoms with E-state index in [-0.39, 0.29) is 29.1 Å². The van der Waals surface area contributed by atoms with Gasteiger partial charge < -0.3 is 5.32 Å². The largest absolute Gasteiger partial charge is 0.316 e. The summed E-state index contributed by atoms with van der Waals surface area (Å²) in [7, 11) is -2.30. The van der Waals surface area contributed by atoms with Crippen molar-refractivity contribution in [1.82, 2.24) is 14.3 Å². The molecule has 1 heterocycles. The molecule has 5 nitrogen and oxygen atoms in total. The molecule has 8 heteroatoms. The van der Waals surface area contributed by atoms with E-state index in [2.05, 4.69) is 10.0 Å². The van der Waals surface area contributed by atoms with Gasteiger partial charge in [-0.2, -0.15) is 17.4 Å². The van der Waals surface area contributed by atoms with Crippen LogP contribution in [0.4, 0.5) is 4.39 Å². The number of nitrogens with zero attached hydrogens (tertiary/aromatic N) is 1. The zero-order valence-corrected chi connectivity index (χ0v) is 14.9. The molecule has 2 atom stereocenters. The topological polar surface area (TPSA) is 61.4 Å². The second-order valence-electron chi connectivity index (χ2n) is 5.97. The highest BCUT2D eigenvalue weighted by Gasteiger charge is 2.27. The SMILES string of the molecule is CC(NS(=O)(=O)N(C)Cc1c(F)cccc1Cl)C1CCCNC1. The van der Waals surface area contributed by atoms with Crippen LogP contribution < -0.4 is 10.0 Å². The van der Waals surface area contributed by atoms with Gasteiger partial charge in [0.2, 0.25) is 0 Å². The van der Waals surface area contributed by atoms with Gasteiger partial charge in [-0.1, -0.05) is 17.7 Å². The molecule has 0 aliphatic carbocycles. The fourth-order valence-corrected chi connectivity index (χ4v) is 4.08. The van der Waals surface area contributed by atoms with E-state index in [1.165, 1.54) is 19.2 Å². The van der Waals surface area contributed by atoms with E-state index in [1.54, 1.807) is 6.07 Å². The second-order valence-corrected chi connectivity index (χ2v) is 8.19. The fraction of sp³-hybridized carbons (Fsp3) is 0.600. The first-order valence-corrected chi connectivity index (χ1v) is 9.50. The van der Waals surface area contributed by atoms with Crippen LogP contribution in [0.1, 0.15) is 25.3 Å². The predicted molar refractivity (Wildman–Crippen MR) is 90.0 cm³/mol. The standard InChI is InChI=1S/C15H23ClFN3O2S/c1-11(12-5-4-8-18-9-12)19-23(21,22)20(2)10-13-14(16)6-3-7-15(13)17/h3,6-7,11-12,18-19H,4-5,8-10H2,1-2H3. The molecule has 0 spiro atoms. The van der Waals surface area contributed by atoms with Gasteiger partial charge in [0.05, 0.1) is 0 Å². The summed E-state index contributed by atoms with van der Waals surface area (Å²) in [6.07, 6.45) is 2.02. The Kier molecular flexibility index (Phi) is 6.39. The van der Waals surface area contributed by atoms with Crippen molar-refractivity contribution in [3.8, 4) is 0 Å². The van der Waals surface area contributed by atoms with E-state index >= 15 is 0 Å². The molecule has 1 aliphatic rings. The van der Waals surface area contributed by atoms with Crippen molar-refractivity contribution >= 4 is 21.8 Å². The van der Waals surface area contributed by atoms with Crippen LogP contribution in [-0.4, -0.2) is 38.9 Å².